The number of likely N-dealkylation sites (tertiary alicyclic amines) is 1. The third-order valence-corrected chi connectivity index (χ3v) is 12.8. The fourth-order valence-corrected chi connectivity index (χ4v) is 10.1. The van der Waals surface area contributed by atoms with Gasteiger partial charge >= 0.3 is 0 Å². The molecule has 0 radical (unpaired) electrons. The third kappa shape index (κ3) is 11.2. The summed E-state index contributed by atoms with van der Waals surface area (Å²) in [5.41, 5.74) is 1.61. The van der Waals surface area contributed by atoms with E-state index in [9.17, 15) is 24.3 Å². The van der Waals surface area contributed by atoms with Gasteiger partial charge in [-0.25, -0.2) is 4.98 Å². The number of halogens is 1. The number of imidazole rings is 1. The molecule has 1 unspecified atom stereocenters. The van der Waals surface area contributed by atoms with E-state index in [4.69, 9.17) is 0 Å². The van der Waals surface area contributed by atoms with E-state index < -0.39 is 29.9 Å². The Kier molecular flexibility index (Phi) is 16.0. The molecule has 1 saturated carbocycles. The Morgan fingerprint density at radius 1 is 1.10 bits per heavy atom. The molecule has 12 nitrogen and oxygen atoms in total. The molecule has 1 aliphatic heterocycles. The molecule has 2 heterocycles. The van der Waals surface area contributed by atoms with Gasteiger partial charge in [-0.05, 0) is 67.4 Å². The molecule has 1 aromatic heterocycles. The minimum Gasteiger partial charge on any atom is -0.391 e. The lowest BCUT2D eigenvalue weighted by molar-refractivity contribution is -0.132. The predicted octanol–water partition coefficient (Wildman–Crippen LogP) is 3.32. The van der Waals surface area contributed by atoms with Gasteiger partial charge in [-0.3, -0.25) is 19.2 Å². The van der Waals surface area contributed by atoms with Gasteiger partial charge in [0.2, 0.25) is 17.7 Å². The summed E-state index contributed by atoms with van der Waals surface area (Å²) in [4.78, 5) is 61.9. The Morgan fingerprint density at radius 3 is 2.42 bits per heavy atom. The van der Waals surface area contributed by atoms with Crippen molar-refractivity contribution in [3.8, 4) is 0 Å². The Bertz CT molecular complexity index is 1390. The minimum absolute atomic E-state index is 0.0564. The number of aliphatic hydroxyl groups is 1. The number of hydrogen-bond acceptors (Lipinski definition) is 9. The number of nitrogens with zero attached hydrogens (tertiary/aromatic N) is 2. The number of fused-ring (bicyclic) bond motifs is 1. The maximum atomic E-state index is 14.3. The molecule has 4 amide bonds. The van der Waals surface area contributed by atoms with Gasteiger partial charge in [-0.2, -0.15) is 0 Å². The fraction of sp³-hybridized carbons (Fsp3) is 0.629. The Labute approximate surface area is 312 Å². The van der Waals surface area contributed by atoms with Gasteiger partial charge in [-0.1, -0.05) is 42.6 Å². The number of thioether (sulfide) groups is 2. The molecule has 7 atom stereocenters. The van der Waals surface area contributed by atoms with Crippen molar-refractivity contribution in [3.63, 3.8) is 0 Å². The zero-order chi connectivity index (χ0) is 36.2. The highest BCUT2D eigenvalue weighted by Gasteiger charge is 2.47. The second kappa shape index (κ2) is 19.9. The second-order valence-electron chi connectivity index (χ2n) is 13.0. The van der Waals surface area contributed by atoms with Crippen LogP contribution in [0.5, 0.6) is 0 Å². The van der Waals surface area contributed by atoms with E-state index in [1.165, 1.54) is 13.8 Å². The van der Waals surface area contributed by atoms with Gasteiger partial charge in [0.05, 0.1) is 35.6 Å². The summed E-state index contributed by atoms with van der Waals surface area (Å²) < 4.78 is 1.14. The van der Waals surface area contributed by atoms with Crippen LogP contribution in [-0.2, 0) is 20.8 Å². The topological polar surface area (TPSA) is 169 Å². The number of aromatic amines is 1. The lowest BCUT2D eigenvalue weighted by Crippen LogP contribution is -2.67. The number of piperidine rings is 1. The van der Waals surface area contributed by atoms with Gasteiger partial charge in [0.1, 0.15) is 6.04 Å². The van der Waals surface area contributed by atoms with Crippen LogP contribution in [0, 0.1) is 11.8 Å². The number of hydrogen-bond donors (Lipinski definition) is 6. The van der Waals surface area contributed by atoms with Crippen LogP contribution in [0.2, 0.25) is 0 Å². The first-order valence-electron chi connectivity index (χ1n) is 17.5. The van der Waals surface area contributed by atoms with E-state index in [1.807, 2.05) is 58.9 Å². The van der Waals surface area contributed by atoms with Crippen molar-refractivity contribution >= 4 is 63.1 Å². The highest BCUT2D eigenvalue weighted by Crippen LogP contribution is 2.40. The number of rotatable bonds is 17. The minimum atomic E-state index is -1.18. The zero-order valence-electron chi connectivity index (χ0n) is 29.3. The first kappa shape index (κ1) is 40.2. The van der Waals surface area contributed by atoms with Gasteiger partial charge in [0, 0.05) is 54.4 Å². The normalized spacial score (nSPS) is 22.3. The van der Waals surface area contributed by atoms with Gasteiger partial charge in [0.25, 0.3) is 5.91 Å². The molecule has 1 aromatic carbocycles. The van der Waals surface area contributed by atoms with E-state index in [1.54, 1.807) is 6.33 Å². The third-order valence-electron chi connectivity index (χ3n) is 9.48. The predicted molar refractivity (Wildman–Crippen MR) is 203 cm³/mol. The van der Waals surface area contributed by atoms with E-state index in [-0.39, 0.29) is 47.0 Å². The average Bonchev–Trinajstić information content (AvgIpc) is 3.61. The molecule has 276 valence electrons. The molecule has 6 N–H and O–H groups in total. The summed E-state index contributed by atoms with van der Waals surface area (Å²) in [5.74, 6) is 0.717. The van der Waals surface area contributed by atoms with Crippen molar-refractivity contribution in [3.05, 3.63) is 52.5 Å². The second-order valence-corrected chi connectivity index (χ2v) is 17.1. The monoisotopic (exact) mass is 793 g/mol. The van der Waals surface area contributed by atoms with Crippen LogP contribution in [0.3, 0.4) is 0 Å². The number of carbonyl (C=O) groups excluding carboxylic acids is 4. The molecule has 2 fully saturated rings. The summed E-state index contributed by atoms with van der Waals surface area (Å²) in [6, 6.07) is 5.53. The molecule has 15 heteroatoms. The van der Waals surface area contributed by atoms with Crippen molar-refractivity contribution in [1.82, 2.24) is 36.1 Å². The van der Waals surface area contributed by atoms with Crippen LogP contribution in [0.4, 0.5) is 0 Å². The summed E-state index contributed by atoms with van der Waals surface area (Å²) in [6.45, 7) is 7.72. The van der Waals surface area contributed by atoms with Gasteiger partial charge < -0.3 is 36.3 Å². The molecular formula is C35H52BrN7O5S2. The molecule has 2 aliphatic rings. The maximum absolute atomic E-state index is 14.3. The first-order valence-corrected chi connectivity index (χ1v) is 20.4. The largest absolute Gasteiger partial charge is 0.391 e. The molecular weight excluding hydrogens is 742 g/mol. The Morgan fingerprint density at radius 2 is 1.80 bits per heavy atom. The van der Waals surface area contributed by atoms with Gasteiger partial charge in [0.15, 0.2) is 0 Å². The molecule has 2 aromatic rings. The number of nitrogens with one attached hydrogen (secondary N) is 5. The number of amides is 4. The quantitative estimate of drug-likeness (QED) is 0.132. The highest BCUT2D eigenvalue weighted by atomic mass is 79.9. The Balaban J connectivity index is 1.63. The van der Waals surface area contributed by atoms with Crippen molar-refractivity contribution < 1.29 is 24.3 Å². The molecule has 1 saturated heterocycles. The van der Waals surface area contributed by atoms with E-state index >= 15 is 0 Å². The van der Waals surface area contributed by atoms with Gasteiger partial charge in [-0.15, -0.1) is 23.5 Å². The number of aliphatic hydroxyl groups excluding tert-OH is 1. The van der Waals surface area contributed by atoms with Crippen molar-refractivity contribution in [2.24, 2.45) is 11.8 Å². The lowest BCUT2D eigenvalue weighted by Gasteiger charge is -2.52. The first-order chi connectivity index (χ1) is 24.0. The van der Waals surface area contributed by atoms with Crippen LogP contribution in [0.15, 0.2) is 41.3 Å². The number of benzene rings is 1. The van der Waals surface area contributed by atoms with Crippen LogP contribution in [0.1, 0.15) is 69.4 Å². The van der Waals surface area contributed by atoms with Crippen molar-refractivity contribution in [2.45, 2.75) is 94.7 Å². The number of carbonyl (C=O) groups is 4. The highest BCUT2D eigenvalue weighted by molar-refractivity contribution is 9.10. The van der Waals surface area contributed by atoms with Crippen LogP contribution >= 0.6 is 39.5 Å². The van der Waals surface area contributed by atoms with Crippen LogP contribution in [-0.4, -0.2) is 110 Å². The molecule has 4 rings (SSSR count). The van der Waals surface area contributed by atoms with Crippen LogP contribution in [0.25, 0.3) is 0 Å². The standard InChI is InChI=1S/C35H52BrN7O5S2/c1-5-49-35(50-6-2)28(15-26-16-37-20-40-26)38-17-29-32(42-30(46)18-39-33(47)31(21(3)44)41-22(4)45)27-10-8-7-9-24(27)19-43(29)34(48)23-11-13-25(36)14-12-23/h11-14,16,20-21,24,27-29,31-32,35,38,44H,5-10,15,17-19H2,1-4H3,(H,37,40)(H,39,47)(H,41,45)(H,42,46)/t21-,24-,27+,28+,29-,31+,32?/m1/s1. The smallest absolute Gasteiger partial charge is 0.254 e. The number of aromatic nitrogens is 2. The van der Waals surface area contributed by atoms with Crippen molar-refractivity contribution in [2.75, 3.05) is 31.1 Å². The summed E-state index contributed by atoms with van der Waals surface area (Å²) in [7, 11) is 0. The summed E-state index contributed by atoms with van der Waals surface area (Å²) in [6.07, 6.45) is 7.14. The summed E-state index contributed by atoms with van der Waals surface area (Å²) >= 11 is 7.28. The lowest BCUT2D eigenvalue weighted by atomic mass is 9.69. The molecule has 50 heavy (non-hydrogen) atoms. The van der Waals surface area contributed by atoms with E-state index in [0.717, 1.165) is 53.8 Å². The van der Waals surface area contributed by atoms with Crippen LogP contribution < -0.4 is 21.3 Å². The Hall–Kier alpha value is -2.59. The maximum Gasteiger partial charge on any atom is 0.254 e. The molecule has 0 spiro atoms. The SMILES string of the molecule is CCSC(SCC)[C@H](Cc1cnc[nH]1)NC[C@@H]1C(NC(=O)CNC(=O)[C@@H](NC(C)=O)[C@@H](C)O)[C@H]2CCCC[C@@H]2CN1C(=O)c1ccc(Br)cc1. The molecule has 1 aliphatic carbocycles. The number of H-pyrrole nitrogens is 1. The zero-order valence-corrected chi connectivity index (χ0v) is 32.5. The summed E-state index contributed by atoms with van der Waals surface area (Å²) in [5, 5.41) is 22.2. The van der Waals surface area contributed by atoms with E-state index in [2.05, 4.69) is 61.0 Å². The molecule has 0 bridgehead atoms. The fourth-order valence-electron chi connectivity index (χ4n) is 7.15. The van der Waals surface area contributed by atoms with Crippen molar-refractivity contribution in [1.29, 1.82) is 0 Å². The average molecular weight is 795 g/mol. The van der Waals surface area contributed by atoms with E-state index in [0.29, 0.717) is 18.7 Å².